The Labute approximate surface area is 80.2 Å². The van der Waals surface area contributed by atoms with Gasteiger partial charge in [-0.05, 0) is 13.8 Å². The van der Waals surface area contributed by atoms with E-state index >= 15 is 0 Å². The van der Waals surface area contributed by atoms with E-state index < -0.39 is 0 Å². The highest BCUT2D eigenvalue weighted by molar-refractivity contribution is 7.99. The quantitative estimate of drug-likeness (QED) is 0.608. The number of thioether (sulfide) groups is 1. The van der Waals surface area contributed by atoms with Crippen LogP contribution in [0.4, 0.5) is 0 Å². The predicted octanol–water partition coefficient (Wildman–Crippen LogP) is 2.39. The van der Waals surface area contributed by atoms with Crippen LogP contribution in [-0.4, -0.2) is 34.5 Å². The molecule has 2 heteroatoms. The van der Waals surface area contributed by atoms with Crippen molar-refractivity contribution in [2.24, 2.45) is 0 Å². The van der Waals surface area contributed by atoms with Gasteiger partial charge in [-0.25, -0.2) is 0 Å². The molecule has 0 bridgehead atoms. The van der Waals surface area contributed by atoms with Crippen molar-refractivity contribution < 1.29 is 0 Å². The lowest BCUT2D eigenvalue weighted by molar-refractivity contribution is 0.170. The molecule has 0 aromatic heterocycles. The monoisotopic (exact) mass is 185 g/mol. The van der Waals surface area contributed by atoms with Gasteiger partial charge in [-0.15, -0.1) is 6.58 Å². The van der Waals surface area contributed by atoms with Crippen LogP contribution in [0.1, 0.15) is 20.8 Å². The molecule has 1 heterocycles. The second-order valence-electron chi connectivity index (χ2n) is 3.99. The van der Waals surface area contributed by atoms with E-state index in [1.54, 1.807) is 0 Å². The highest BCUT2D eigenvalue weighted by Crippen LogP contribution is 2.24. The SMILES string of the molecule is C=CC(C)(C)N1CCSC(C)C1. The zero-order valence-corrected chi connectivity index (χ0v) is 9.16. The van der Waals surface area contributed by atoms with E-state index in [1.165, 1.54) is 18.8 Å². The normalized spacial score (nSPS) is 27.1. The predicted molar refractivity (Wildman–Crippen MR) is 57.8 cm³/mol. The summed E-state index contributed by atoms with van der Waals surface area (Å²) in [4.78, 5) is 2.52. The van der Waals surface area contributed by atoms with Gasteiger partial charge in [0.05, 0.1) is 0 Å². The van der Waals surface area contributed by atoms with Gasteiger partial charge in [0.2, 0.25) is 0 Å². The molecule has 1 aliphatic heterocycles. The average Bonchev–Trinajstić information content (AvgIpc) is 2.05. The second kappa shape index (κ2) is 3.84. The molecule has 1 fully saturated rings. The van der Waals surface area contributed by atoms with Gasteiger partial charge < -0.3 is 0 Å². The molecule has 1 unspecified atom stereocenters. The van der Waals surface area contributed by atoms with Crippen molar-refractivity contribution in [1.82, 2.24) is 4.90 Å². The first kappa shape index (κ1) is 10.1. The summed E-state index contributed by atoms with van der Waals surface area (Å²) in [5, 5.41) is 0.776. The Hall–Kier alpha value is 0.0500. The number of rotatable bonds is 2. The van der Waals surface area contributed by atoms with E-state index in [9.17, 15) is 0 Å². The van der Waals surface area contributed by atoms with E-state index in [0.29, 0.717) is 0 Å². The van der Waals surface area contributed by atoms with E-state index in [2.05, 4.69) is 50.1 Å². The minimum absolute atomic E-state index is 0.176. The third-order valence-electron chi connectivity index (χ3n) is 2.56. The molecule has 0 amide bonds. The molecule has 0 N–H and O–H groups in total. The van der Waals surface area contributed by atoms with Gasteiger partial charge in [-0.2, -0.15) is 11.8 Å². The highest BCUT2D eigenvalue weighted by Gasteiger charge is 2.27. The van der Waals surface area contributed by atoms with Crippen LogP contribution in [0.25, 0.3) is 0 Å². The smallest absolute Gasteiger partial charge is 0.0333 e. The summed E-state index contributed by atoms with van der Waals surface area (Å²) in [5.41, 5.74) is 0.176. The Morgan fingerprint density at radius 2 is 2.25 bits per heavy atom. The maximum Gasteiger partial charge on any atom is 0.0333 e. The average molecular weight is 185 g/mol. The van der Waals surface area contributed by atoms with Crippen molar-refractivity contribution in [3.05, 3.63) is 12.7 Å². The van der Waals surface area contributed by atoms with Crippen LogP contribution in [0.5, 0.6) is 0 Å². The molecular formula is C10H19NS. The zero-order valence-electron chi connectivity index (χ0n) is 8.34. The lowest BCUT2D eigenvalue weighted by Gasteiger charge is -2.40. The Kier molecular flexibility index (Phi) is 3.24. The van der Waals surface area contributed by atoms with E-state index in [-0.39, 0.29) is 5.54 Å². The molecule has 1 rings (SSSR count). The van der Waals surface area contributed by atoms with Crippen molar-refractivity contribution >= 4 is 11.8 Å². The van der Waals surface area contributed by atoms with Gasteiger partial charge in [0.25, 0.3) is 0 Å². The maximum absolute atomic E-state index is 3.88. The molecule has 0 spiro atoms. The maximum atomic E-state index is 3.88. The van der Waals surface area contributed by atoms with Gasteiger partial charge in [-0.1, -0.05) is 13.0 Å². The van der Waals surface area contributed by atoms with Crippen molar-refractivity contribution in [3.8, 4) is 0 Å². The first-order chi connectivity index (χ1) is 5.56. The van der Waals surface area contributed by atoms with Crippen LogP contribution >= 0.6 is 11.8 Å². The number of hydrogen-bond donors (Lipinski definition) is 0. The first-order valence-corrected chi connectivity index (χ1v) is 5.61. The van der Waals surface area contributed by atoms with E-state index in [1.807, 2.05) is 0 Å². The number of hydrogen-bond acceptors (Lipinski definition) is 2. The van der Waals surface area contributed by atoms with E-state index in [0.717, 1.165) is 5.25 Å². The van der Waals surface area contributed by atoms with Crippen LogP contribution in [-0.2, 0) is 0 Å². The fraction of sp³-hybridized carbons (Fsp3) is 0.800. The molecule has 1 saturated heterocycles. The molecule has 0 saturated carbocycles. The lowest BCUT2D eigenvalue weighted by Crippen LogP contribution is -2.48. The van der Waals surface area contributed by atoms with E-state index in [4.69, 9.17) is 0 Å². The zero-order chi connectivity index (χ0) is 9.19. The van der Waals surface area contributed by atoms with Crippen LogP contribution < -0.4 is 0 Å². The van der Waals surface area contributed by atoms with Gasteiger partial charge in [0.15, 0.2) is 0 Å². The standard InChI is InChI=1S/C10H19NS/c1-5-10(3,4)11-6-7-12-9(2)8-11/h5,9H,1,6-8H2,2-4H3. The van der Waals surface area contributed by atoms with Gasteiger partial charge in [0.1, 0.15) is 0 Å². The summed E-state index contributed by atoms with van der Waals surface area (Å²) < 4.78 is 0. The summed E-state index contributed by atoms with van der Waals surface area (Å²) in [6, 6.07) is 0. The van der Waals surface area contributed by atoms with Crippen LogP contribution in [0, 0.1) is 0 Å². The molecule has 1 aliphatic rings. The van der Waals surface area contributed by atoms with Crippen LogP contribution in [0.15, 0.2) is 12.7 Å². The summed E-state index contributed by atoms with van der Waals surface area (Å²) in [5.74, 6) is 1.26. The lowest BCUT2D eigenvalue weighted by atomic mass is 10.0. The first-order valence-electron chi connectivity index (χ1n) is 4.56. The molecule has 0 aromatic rings. The largest absolute Gasteiger partial charge is 0.293 e. The molecule has 70 valence electrons. The minimum atomic E-state index is 0.176. The number of nitrogens with zero attached hydrogens (tertiary/aromatic N) is 1. The Morgan fingerprint density at radius 1 is 1.58 bits per heavy atom. The highest BCUT2D eigenvalue weighted by atomic mass is 32.2. The summed E-state index contributed by atoms with van der Waals surface area (Å²) in [6.45, 7) is 13.1. The van der Waals surface area contributed by atoms with Crippen molar-refractivity contribution in [2.45, 2.75) is 31.6 Å². The molecule has 0 radical (unpaired) electrons. The summed E-state index contributed by atoms with van der Waals surface area (Å²) in [7, 11) is 0. The molecule has 0 aromatic carbocycles. The van der Waals surface area contributed by atoms with Crippen LogP contribution in [0.2, 0.25) is 0 Å². The second-order valence-corrected chi connectivity index (χ2v) is 5.53. The van der Waals surface area contributed by atoms with Crippen molar-refractivity contribution in [2.75, 3.05) is 18.8 Å². The molecule has 1 nitrogen and oxygen atoms in total. The molecule has 0 aliphatic carbocycles. The third-order valence-corrected chi connectivity index (χ3v) is 3.69. The summed E-state index contributed by atoms with van der Waals surface area (Å²) >= 11 is 2.07. The Balaban J connectivity index is 2.56. The fourth-order valence-corrected chi connectivity index (χ4v) is 2.48. The van der Waals surface area contributed by atoms with Crippen LogP contribution in [0.3, 0.4) is 0 Å². The Bertz CT molecular complexity index is 165. The minimum Gasteiger partial charge on any atom is -0.293 e. The van der Waals surface area contributed by atoms with Crippen molar-refractivity contribution in [1.29, 1.82) is 0 Å². The Morgan fingerprint density at radius 3 is 2.75 bits per heavy atom. The molecule has 12 heavy (non-hydrogen) atoms. The van der Waals surface area contributed by atoms with Crippen molar-refractivity contribution in [3.63, 3.8) is 0 Å². The van der Waals surface area contributed by atoms with Gasteiger partial charge in [-0.3, -0.25) is 4.90 Å². The topological polar surface area (TPSA) is 3.24 Å². The summed E-state index contributed by atoms with van der Waals surface area (Å²) in [6.07, 6.45) is 2.05. The van der Waals surface area contributed by atoms with Gasteiger partial charge >= 0.3 is 0 Å². The third kappa shape index (κ3) is 2.27. The fourth-order valence-electron chi connectivity index (χ4n) is 1.47. The molecular weight excluding hydrogens is 166 g/mol. The van der Waals surface area contributed by atoms with Gasteiger partial charge in [0, 0.05) is 29.6 Å². The molecule has 1 atom stereocenters.